The number of allylic oxidation sites excluding steroid dienone is 1. The standard InChI is InChI=1S/C11H10BrF3/c1-8(7-12)6-9-2-4-10(5-3-9)11(13,14)15/h2-6H,7H2,1H3. The molecule has 0 amide bonds. The van der Waals surface area contributed by atoms with E-state index in [4.69, 9.17) is 0 Å². The van der Waals surface area contributed by atoms with Crippen LogP contribution in [-0.4, -0.2) is 5.33 Å². The Balaban J connectivity index is 2.91. The van der Waals surface area contributed by atoms with Crippen molar-refractivity contribution >= 4 is 22.0 Å². The second kappa shape index (κ2) is 4.84. The summed E-state index contributed by atoms with van der Waals surface area (Å²) >= 11 is 3.27. The molecule has 82 valence electrons. The van der Waals surface area contributed by atoms with Crippen molar-refractivity contribution in [1.82, 2.24) is 0 Å². The molecular weight excluding hydrogens is 269 g/mol. The molecule has 0 atom stereocenters. The van der Waals surface area contributed by atoms with Crippen molar-refractivity contribution in [3.8, 4) is 0 Å². The van der Waals surface area contributed by atoms with Crippen molar-refractivity contribution < 1.29 is 13.2 Å². The lowest BCUT2D eigenvalue weighted by Crippen LogP contribution is -2.03. The third kappa shape index (κ3) is 3.70. The van der Waals surface area contributed by atoms with Crippen LogP contribution in [-0.2, 0) is 6.18 Å². The molecular formula is C11H10BrF3. The van der Waals surface area contributed by atoms with Gasteiger partial charge < -0.3 is 0 Å². The van der Waals surface area contributed by atoms with E-state index in [1.807, 2.05) is 13.0 Å². The second-order valence-electron chi connectivity index (χ2n) is 3.24. The number of alkyl halides is 4. The van der Waals surface area contributed by atoms with Gasteiger partial charge in [0.15, 0.2) is 0 Å². The normalized spacial score (nSPS) is 13.0. The predicted molar refractivity (Wildman–Crippen MR) is 58.9 cm³/mol. The first-order valence-electron chi connectivity index (χ1n) is 4.34. The van der Waals surface area contributed by atoms with Gasteiger partial charge in [0, 0.05) is 5.33 Å². The van der Waals surface area contributed by atoms with Crippen molar-refractivity contribution in [2.45, 2.75) is 13.1 Å². The van der Waals surface area contributed by atoms with Gasteiger partial charge in [-0.05, 0) is 24.6 Å². The van der Waals surface area contributed by atoms with Crippen LogP contribution >= 0.6 is 15.9 Å². The Morgan fingerprint density at radius 1 is 1.27 bits per heavy atom. The zero-order chi connectivity index (χ0) is 11.5. The molecule has 0 nitrogen and oxygen atoms in total. The fourth-order valence-corrected chi connectivity index (χ4v) is 1.25. The molecule has 0 aliphatic carbocycles. The minimum absolute atomic E-state index is 0.615. The van der Waals surface area contributed by atoms with Gasteiger partial charge in [0.05, 0.1) is 5.56 Å². The van der Waals surface area contributed by atoms with Gasteiger partial charge in [-0.15, -0.1) is 0 Å². The highest BCUT2D eigenvalue weighted by Crippen LogP contribution is 2.29. The monoisotopic (exact) mass is 278 g/mol. The van der Waals surface area contributed by atoms with Crippen LogP contribution in [0.4, 0.5) is 13.2 Å². The molecule has 0 heterocycles. The van der Waals surface area contributed by atoms with Crippen LogP contribution in [0.5, 0.6) is 0 Å². The van der Waals surface area contributed by atoms with Gasteiger partial charge in [0.2, 0.25) is 0 Å². The summed E-state index contributed by atoms with van der Waals surface area (Å²) in [7, 11) is 0. The Bertz CT molecular complexity index is 349. The van der Waals surface area contributed by atoms with E-state index in [2.05, 4.69) is 15.9 Å². The van der Waals surface area contributed by atoms with Gasteiger partial charge >= 0.3 is 6.18 Å². The van der Waals surface area contributed by atoms with E-state index in [1.54, 1.807) is 0 Å². The van der Waals surface area contributed by atoms with E-state index in [-0.39, 0.29) is 0 Å². The van der Waals surface area contributed by atoms with Crippen molar-refractivity contribution in [3.63, 3.8) is 0 Å². The molecule has 0 aliphatic heterocycles. The Labute approximate surface area is 94.9 Å². The number of rotatable bonds is 2. The third-order valence-corrected chi connectivity index (χ3v) is 2.75. The zero-order valence-corrected chi connectivity index (χ0v) is 9.69. The first-order valence-corrected chi connectivity index (χ1v) is 5.46. The Morgan fingerprint density at radius 3 is 2.20 bits per heavy atom. The van der Waals surface area contributed by atoms with E-state index in [1.165, 1.54) is 12.1 Å². The van der Waals surface area contributed by atoms with Crippen molar-refractivity contribution in [2.75, 3.05) is 5.33 Å². The smallest absolute Gasteiger partial charge is 0.166 e. The fourth-order valence-electron chi connectivity index (χ4n) is 1.09. The first-order chi connectivity index (χ1) is 6.93. The maximum absolute atomic E-state index is 12.2. The highest BCUT2D eigenvalue weighted by atomic mass is 79.9. The molecule has 0 bridgehead atoms. The lowest BCUT2D eigenvalue weighted by Gasteiger charge is -2.06. The number of benzene rings is 1. The summed E-state index contributed by atoms with van der Waals surface area (Å²) < 4.78 is 36.7. The van der Waals surface area contributed by atoms with Crippen LogP contribution < -0.4 is 0 Å². The average Bonchev–Trinajstić information content (AvgIpc) is 2.17. The molecule has 0 aliphatic rings. The van der Waals surface area contributed by atoms with Gasteiger partial charge in [0.1, 0.15) is 0 Å². The molecule has 4 heteroatoms. The van der Waals surface area contributed by atoms with Crippen molar-refractivity contribution in [2.24, 2.45) is 0 Å². The van der Waals surface area contributed by atoms with E-state index in [0.29, 0.717) is 5.33 Å². The Morgan fingerprint density at radius 2 is 1.80 bits per heavy atom. The molecule has 1 aromatic rings. The van der Waals surface area contributed by atoms with Gasteiger partial charge in [0.25, 0.3) is 0 Å². The van der Waals surface area contributed by atoms with Gasteiger partial charge in [-0.2, -0.15) is 13.2 Å². The van der Waals surface area contributed by atoms with E-state index < -0.39 is 11.7 Å². The minimum atomic E-state index is -4.26. The van der Waals surface area contributed by atoms with Crippen LogP contribution in [0.3, 0.4) is 0 Å². The molecule has 0 radical (unpaired) electrons. The lowest BCUT2D eigenvalue weighted by molar-refractivity contribution is -0.137. The van der Waals surface area contributed by atoms with Crippen molar-refractivity contribution in [3.05, 3.63) is 41.0 Å². The Kier molecular flexibility index (Phi) is 3.97. The minimum Gasteiger partial charge on any atom is -0.166 e. The van der Waals surface area contributed by atoms with Crippen molar-refractivity contribution in [1.29, 1.82) is 0 Å². The average molecular weight is 279 g/mol. The maximum atomic E-state index is 12.2. The van der Waals surface area contributed by atoms with Crippen LogP contribution in [0.2, 0.25) is 0 Å². The zero-order valence-electron chi connectivity index (χ0n) is 8.11. The summed E-state index contributed by atoms with van der Waals surface area (Å²) in [6, 6.07) is 5.12. The quantitative estimate of drug-likeness (QED) is 0.699. The highest BCUT2D eigenvalue weighted by molar-refractivity contribution is 9.09. The second-order valence-corrected chi connectivity index (χ2v) is 3.80. The number of halogens is 4. The predicted octanol–water partition coefficient (Wildman–Crippen LogP) is 4.50. The molecule has 0 spiro atoms. The Hall–Kier alpha value is -0.770. The summed E-state index contributed by atoms with van der Waals surface area (Å²) in [6.45, 7) is 1.91. The molecule has 1 aromatic carbocycles. The van der Waals surface area contributed by atoms with Gasteiger partial charge in [-0.3, -0.25) is 0 Å². The summed E-state index contributed by atoms with van der Waals surface area (Å²) in [6.07, 6.45) is -2.42. The topological polar surface area (TPSA) is 0 Å². The van der Waals surface area contributed by atoms with Crippen LogP contribution in [0.25, 0.3) is 6.08 Å². The molecule has 0 fully saturated rings. The van der Waals surface area contributed by atoms with E-state index in [9.17, 15) is 13.2 Å². The van der Waals surface area contributed by atoms with Crippen LogP contribution in [0.1, 0.15) is 18.1 Å². The van der Waals surface area contributed by atoms with Gasteiger partial charge in [-0.1, -0.05) is 39.7 Å². The summed E-state index contributed by atoms with van der Waals surface area (Å²) in [5, 5.41) is 0.716. The molecule has 0 saturated carbocycles. The van der Waals surface area contributed by atoms with Crippen LogP contribution in [0.15, 0.2) is 29.8 Å². The summed E-state index contributed by atoms with van der Waals surface area (Å²) in [5.41, 5.74) is 1.23. The molecule has 15 heavy (non-hydrogen) atoms. The molecule has 1 rings (SSSR count). The maximum Gasteiger partial charge on any atom is 0.416 e. The summed E-state index contributed by atoms with van der Waals surface area (Å²) in [4.78, 5) is 0. The third-order valence-electron chi connectivity index (χ3n) is 1.86. The number of hydrogen-bond acceptors (Lipinski definition) is 0. The van der Waals surface area contributed by atoms with Crippen LogP contribution in [0, 0.1) is 0 Å². The fraction of sp³-hybridized carbons (Fsp3) is 0.273. The highest BCUT2D eigenvalue weighted by Gasteiger charge is 2.29. The molecule has 0 saturated heterocycles. The lowest BCUT2D eigenvalue weighted by atomic mass is 10.1. The molecule has 0 aromatic heterocycles. The molecule has 0 unspecified atom stereocenters. The summed E-state index contributed by atoms with van der Waals surface area (Å²) in [5.74, 6) is 0. The van der Waals surface area contributed by atoms with Gasteiger partial charge in [-0.25, -0.2) is 0 Å². The molecule has 0 N–H and O–H groups in total. The first kappa shape index (κ1) is 12.3. The van der Waals surface area contributed by atoms with E-state index in [0.717, 1.165) is 23.3 Å². The van der Waals surface area contributed by atoms with E-state index >= 15 is 0 Å². The number of hydrogen-bond donors (Lipinski definition) is 0. The largest absolute Gasteiger partial charge is 0.416 e. The SMILES string of the molecule is CC(=Cc1ccc(C(F)(F)F)cc1)CBr.